The molecule has 0 radical (unpaired) electrons. The van der Waals surface area contributed by atoms with E-state index in [4.69, 9.17) is 11.5 Å². The SMILES string of the molecule is CC1C(N)C(O)CCC1C(C)(C)C1CCCC(C(C)(C)C2CCC(O)C(N)C2C)C1. The average Bonchev–Trinajstić information content (AvgIpc) is 2.70. The molecule has 3 aliphatic carbocycles. The molecule has 6 N–H and O–H groups in total. The minimum absolute atomic E-state index is 0.0881. The fourth-order valence-corrected chi connectivity index (χ4v) is 8.09. The van der Waals surface area contributed by atoms with Crippen molar-refractivity contribution in [2.75, 3.05) is 0 Å². The molecular formula is C26H50N2O2. The number of aliphatic hydroxyl groups is 2. The molecule has 10 unspecified atom stereocenters. The molecule has 3 rings (SSSR count). The molecule has 0 spiro atoms. The van der Waals surface area contributed by atoms with Crippen LogP contribution in [0.3, 0.4) is 0 Å². The van der Waals surface area contributed by atoms with Gasteiger partial charge in [0.15, 0.2) is 0 Å². The first-order valence-electron chi connectivity index (χ1n) is 12.8. The third-order valence-electron chi connectivity index (χ3n) is 10.6. The topological polar surface area (TPSA) is 92.5 Å². The molecule has 176 valence electrons. The fraction of sp³-hybridized carbons (Fsp3) is 1.00. The first kappa shape index (κ1) is 24.5. The molecule has 4 heteroatoms. The van der Waals surface area contributed by atoms with E-state index in [0.29, 0.717) is 35.5 Å². The van der Waals surface area contributed by atoms with E-state index in [1.54, 1.807) is 0 Å². The predicted molar refractivity (Wildman–Crippen MR) is 125 cm³/mol. The van der Waals surface area contributed by atoms with Gasteiger partial charge in [0.2, 0.25) is 0 Å². The Morgan fingerprint density at radius 2 is 1.00 bits per heavy atom. The first-order valence-corrected chi connectivity index (χ1v) is 12.8. The Morgan fingerprint density at radius 1 is 0.633 bits per heavy atom. The Balaban J connectivity index is 1.74. The van der Waals surface area contributed by atoms with Crippen molar-refractivity contribution in [3.8, 4) is 0 Å². The van der Waals surface area contributed by atoms with E-state index >= 15 is 0 Å². The van der Waals surface area contributed by atoms with Gasteiger partial charge >= 0.3 is 0 Å². The highest BCUT2D eigenvalue weighted by atomic mass is 16.3. The highest BCUT2D eigenvalue weighted by Crippen LogP contribution is 2.56. The highest BCUT2D eigenvalue weighted by Gasteiger charge is 2.50. The zero-order chi connectivity index (χ0) is 22.4. The summed E-state index contributed by atoms with van der Waals surface area (Å²) in [4.78, 5) is 0. The summed E-state index contributed by atoms with van der Waals surface area (Å²) in [5.74, 6) is 3.33. The summed E-state index contributed by atoms with van der Waals surface area (Å²) in [6, 6.07) is -0.176. The lowest BCUT2D eigenvalue weighted by atomic mass is 9.51. The van der Waals surface area contributed by atoms with E-state index in [2.05, 4.69) is 41.5 Å². The Labute approximate surface area is 185 Å². The monoisotopic (exact) mass is 422 g/mol. The maximum Gasteiger partial charge on any atom is 0.0693 e. The normalized spacial score (nSPS) is 46.6. The van der Waals surface area contributed by atoms with E-state index < -0.39 is 0 Å². The highest BCUT2D eigenvalue weighted by molar-refractivity contribution is 5.01. The molecule has 0 saturated heterocycles. The lowest BCUT2D eigenvalue weighted by molar-refractivity contribution is -0.0620. The van der Waals surface area contributed by atoms with Crippen LogP contribution in [-0.2, 0) is 0 Å². The zero-order valence-corrected chi connectivity index (χ0v) is 20.5. The second kappa shape index (κ2) is 9.00. The molecule has 3 aliphatic rings. The van der Waals surface area contributed by atoms with Crippen molar-refractivity contribution in [1.82, 2.24) is 0 Å². The lowest BCUT2D eigenvalue weighted by Gasteiger charge is -2.54. The fourth-order valence-electron chi connectivity index (χ4n) is 8.09. The molecule has 3 saturated carbocycles. The van der Waals surface area contributed by atoms with Gasteiger partial charge in [-0.3, -0.25) is 0 Å². The molecule has 0 heterocycles. The Hall–Kier alpha value is -0.160. The number of hydrogen-bond donors (Lipinski definition) is 4. The average molecular weight is 423 g/mol. The van der Waals surface area contributed by atoms with Gasteiger partial charge in [-0.25, -0.2) is 0 Å². The summed E-state index contributed by atoms with van der Waals surface area (Å²) in [6.07, 6.45) is 8.46. The van der Waals surface area contributed by atoms with Crippen LogP contribution in [0.25, 0.3) is 0 Å². The maximum absolute atomic E-state index is 10.2. The summed E-state index contributed by atoms with van der Waals surface area (Å²) in [5, 5.41) is 20.5. The predicted octanol–water partition coefficient (Wildman–Crippen LogP) is 4.31. The van der Waals surface area contributed by atoms with Gasteiger partial charge in [-0.2, -0.15) is 0 Å². The summed E-state index contributed by atoms with van der Waals surface area (Å²) in [6.45, 7) is 14.4. The van der Waals surface area contributed by atoms with E-state index in [0.717, 1.165) is 25.7 Å². The second-order valence-corrected chi connectivity index (χ2v) is 12.6. The van der Waals surface area contributed by atoms with Crippen molar-refractivity contribution < 1.29 is 10.2 Å². The third-order valence-corrected chi connectivity index (χ3v) is 10.6. The first-order chi connectivity index (χ1) is 13.9. The van der Waals surface area contributed by atoms with Crippen LogP contribution in [0.2, 0.25) is 0 Å². The van der Waals surface area contributed by atoms with Gasteiger partial charge in [-0.05, 0) is 91.3 Å². The molecule has 0 aromatic rings. The van der Waals surface area contributed by atoms with Crippen LogP contribution in [0.4, 0.5) is 0 Å². The summed E-state index contributed by atoms with van der Waals surface area (Å²) >= 11 is 0. The minimum atomic E-state index is -0.336. The van der Waals surface area contributed by atoms with E-state index in [9.17, 15) is 10.2 Å². The van der Waals surface area contributed by atoms with Crippen LogP contribution in [0.1, 0.15) is 92.9 Å². The molecule has 10 atom stereocenters. The second-order valence-electron chi connectivity index (χ2n) is 12.6. The quantitative estimate of drug-likeness (QED) is 0.543. The smallest absolute Gasteiger partial charge is 0.0693 e. The van der Waals surface area contributed by atoms with Crippen LogP contribution < -0.4 is 11.5 Å². The van der Waals surface area contributed by atoms with Crippen molar-refractivity contribution in [2.45, 2.75) is 117 Å². The van der Waals surface area contributed by atoms with Crippen LogP contribution in [0.15, 0.2) is 0 Å². The molecule has 0 aromatic heterocycles. The van der Waals surface area contributed by atoms with Crippen molar-refractivity contribution in [1.29, 1.82) is 0 Å². The third kappa shape index (κ3) is 4.36. The van der Waals surface area contributed by atoms with Gasteiger partial charge in [0.1, 0.15) is 0 Å². The van der Waals surface area contributed by atoms with Gasteiger partial charge < -0.3 is 21.7 Å². The van der Waals surface area contributed by atoms with Crippen LogP contribution in [0, 0.1) is 46.3 Å². The van der Waals surface area contributed by atoms with E-state index in [1.807, 2.05) is 0 Å². The van der Waals surface area contributed by atoms with Crippen LogP contribution >= 0.6 is 0 Å². The number of hydrogen-bond acceptors (Lipinski definition) is 4. The summed E-state index contributed by atoms with van der Waals surface area (Å²) in [7, 11) is 0. The number of aliphatic hydroxyl groups excluding tert-OH is 2. The molecule has 0 aromatic carbocycles. The molecular weight excluding hydrogens is 372 g/mol. The molecule has 30 heavy (non-hydrogen) atoms. The number of nitrogens with two attached hydrogens (primary N) is 2. The molecule has 3 fully saturated rings. The van der Waals surface area contributed by atoms with Crippen LogP contribution in [0.5, 0.6) is 0 Å². The standard InChI is InChI=1S/C26H50N2O2/c1-15-19(10-12-21(29)23(15)27)25(3,4)17-8-7-9-18(14-17)26(5,6)20-11-13-22(30)24(28)16(20)2/h15-24,29-30H,7-14,27-28H2,1-6H3. The Morgan fingerprint density at radius 3 is 1.37 bits per heavy atom. The molecule has 0 aliphatic heterocycles. The summed E-state index contributed by atoms with van der Waals surface area (Å²) in [5.41, 5.74) is 13.3. The van der Waals surface area contributed by atoms with E-state index in [-0.39, 0.29) is 35.1 Å². The molecule has 4 nitrogen and oxygen atoms in total. The van der Waals surface area contributed by atoms with Gasteiger partial charge in [-0.15, -0.1) is 0 Å². The van der Waals surface area contributed by atoms with Crippen LogP contribution in [-0.4, -0.2) is 34.5 Å². The maximum atomic E-state index is 10.2. The Kier molecular flexibility index (Phi) is 7.34. The van der Waals surface area contributed by atoms with Crippen molar-refractivity contribution >= 4 is 0 Å². The lowest BCUT2D eigenvalue weighted by Crippen LogP contribution is -2.54. The van der Waals surface area contributed by atoms with Gasteiger partial charge in [-0.1, -0.05) is 48.0 Å². The van der Waals surface area contributed by atoms with E-state index in [1.165, 1.54) is 25.7 Å². The number of rotatable bonds is 4. The summed E-state index contributed by atoms with van der Waals surface area (Å²) < 4.78 is 0. The Bertz CT molecular complexity index is 529. The largest absolute Gasteiger partial charge is 0.392 e. The van der Waals surface area contributed by atoms with Gasteiger partial charge in [0.05, 0.1) is 12.2 Å². The van der Waals surface area contributed by atoms with Crippen molar-refractivity contribution in [3.05, 3.63) is 0 Å². The van der Waals surface area contributed by atoms with Gasteiger partial charge in [0.25, 0.3) is 0 Å². The zero-order valence-electron chi connectivity index (χ0n) is 20.5. The molecule has 0 amide bonds. The van der Waals surface area contributed by atoms with Gasteiger partial charge in [0, 0.05) is 12.1 Å². The van der Waals surface area contributed by atoms with Crippen molar-refractivity contribution in [3.63, 3.8) is 0 Å². The molecule has 0 bridgehead atoms. The van der Waals surface area contributed by atoms with Crippen molar-refractivity contribution in [2.24, 2.45) is 57.8 Å². The minimum Gasteiger partial charge on any atom is -0.392 e.